The van der Waals surface area contributed by atoms with E-state index < -0.39 is 0 Å². The van der Waals surface area contributed by atoms with E-state index in [0.717, 1.165) is 16.6 Å². The third kappa shape index (κ3) is 3.16. The first-order valence-electron chi connectivity index (χ1n) is 7.71. The lowest BCUT2D eigenvalue weighted by molar-refractivity contribution is -0.112. The summed E-state index contributed by atoms with van der Waals surface area (Å²) in [5, 5.41) is 0.456. The Morgan fingerprint density at radius 1 is 1.24 bits per heavy atom. The molecule has 0 atom stereocenters. The van der Waals surface area contributed by atoms with E-state index >= 15 is 0 Å². The van der Waals surface area contributed by atoms with Crippen molar-refractivity contribution in [2.45, 2.75) is 0 Å². The summed E-state index contributed by atoms with van der Waals surface area (Å²) in [6, 6.07) is 11.1. The summed E-state index contributed by atoms with van der Waals surface area (Å²) in [5.74, 6) is 0.841. The third-order valence-electron chi connectivity index (χ3n) is 3.73. The second kappa shape index (κ2) is 6.49. The summed E-state index contributed by atoms with van der Waals surface area (Å²) in [6.07, 6.45) is 4.66. The Bertz CT molecular complexity index is 981. The molecule has 6 nitrogen and oxygen atoms in total. The third-order valence-corrected chi connectivity index (χ3v) is 4.01. The number of aromatic nitrogens is 2. The molecule has 1 N–H and O–H groups in total. The van der Waals surface area contributed by atoms with Crippen LogP contribution in [0.15, 0.2) is 48.8 Å². The van der Waals surface area contributed by atoms with Crippen molar-refractivity contribution in [1.82, 2.24) is 9.66 Å². The van der Waals surface area contributed by atoms with Crippen LogP contribution in [0.4, 0.5) is 0 Å². The Morgan fingerprint density at radius 2 is 2.08 bits per heavy atom. The van der Waals surface area contributed by atoms with Gasteiger partial charge in [0.05, 0.1) is 16.1 Å². The van der Waals surface area contributed by atoms with E-state index in [1.54, 1.807) is 29.2 Å². The van der Waals surface area contributed by atoms with Gasteiger partial charge in [-0.2, -0.15) is 0 Å². The van der Waals surface area contributed by atoms with Gasteiger partial charge < -0.3 is 9.47 Å². The number of nitrogens with one attached hydrogen (secondary N) is 1. The van der Waals surface area contributed by atoms with Crippen LogP contribution in [0.25, 0.3) is 17.1 Å². The van der Waals surface area contributed by atoms with Crippen LogP contribution < -0.4 is 14.9 Å². The molecule has 0 radical (unpaired) electrons. The van der Waals surface area contributed by atoms with Crippen molar-refractivity contribution in [3.63, 3.8) is 0 Å². The number of hydrogen-bond donors (Lipinski definition) is 1. The van der Waals surface area contributed by atoms with E-state index in [1.807, 2.05) is 24.3 Å². The van der Waals surface area contributed by atoms with E-state index in [1.165, 1.54) is 6.08 Å². The van der Waals surface area contributed by atoms with Crippen LogP contribution in [-0.2, 0) is 4.79 Å². The molecule has 0 aliphatic carbocycles. The number of imidazole rings is 1. The number of ether oxygens (including phenoxy) is 2. The number of carbonyl (C=O) groups excluding carboxylic acids is 1. The lowest BCUT2D eigenvalue weighted by Crippen LogP contribution is -2.19. The molecule has 1 aliphatic heterocycles. The molecule has 0 unspecified atom stereocenters. The molecular formula is C18H14ClN3O3. The van der Waals surface area contributed by atoms with Crippen molar-refractivity contribution in [3.8, 4) is 11.5 Å². The number of amides is 1. The highest BCUT2D eigenvalue weighted by molar-refractivity contribution is 6.32. The number of carbonyl (C=O) groups is 1. The second-order valence-electron chi connectivity index (χ2n) is 5.44. The van der Waals surface area contributed by atoms with Gasteiger partial charge in [0.2, 0.25) is 0 Å². The maximum absolute atomic E-state index is 12.2. The fourth-order valence-electron chi connectivity index (χ4n) is 2.60. The van der Waals surface area contributed by atoms with Crippen LogP contribution >= 0.6 is 11.6 Å². The van der Waals surface area contributed by atoms with Crippen molar-refractivity contribution < 1.29 is 14.3 Å². The molecule has 25 heavy (non-hydrogen) atoms. The second-order valence-corrected chi connectivity index (χ2v) is 5.85. The molecule has 0 bridgehead atoms. The van der Waals surface area contributed by atoms with Gasteiger partial charge in [-0.25, -0.2) is 9.66 Å². The molecule has 126 valence electrons. The van der Waals surface area contributed by atoms with E-state index in [4.69, 9.17) is 21.1 Å². The predicted octanol–water partition coefficient (Wildman–Crippen LogP) is 3.24. The smallest absolute Gasteiger partial charge is 0.262 e. The minimum atomic E-state index is -0.283. The first-order chi connectivity index (χ1) is 12.2. The number of halogens is 1. The molecular weight excluding hydrogens is 342 g/mol. The van der Waals surface area contributed by atoms with Gasteiger partial charge in [-0.05, 0) is 35.9 Å². The molecule has 2 aromatic carbocycles. The van der Waals surface area contributed by atoms with Gasteiger partial charge in [0, 0.05) is 6.08 Å². The van der Waals surface area contributed by atoms with Crippen molar-refractivity contribution in [1.29, 1.82) is 0 Å². The van der Waals surface area contributed by atoms with Gasteiger partial charge in [0.1, 0.15) is 19.5 Å². The quantitative estimate of drug-likeness (QED) is 0.732. The lowest BCUT2D eigenvalue weighted by atomic mass is 10.1. The van der Waals surface area contributed by atoms with Crippen molar-refractivity contribution >= 4 is 34.6 Å². The molecule has 1 aliphatic rings. The molecule has 2 heterocycles. The van der Waals surface area contributed by atoms with Gasteiger partial charge >= 0.3 is 0 Å². The van der Waals surface area contributed by atoms with Crippen molar-refractivity contribution in [2.24, 2.45) is 0 Å². The summed E-state index contributed by atoms with van der Waals surface area (Å²) < 4.78 is 12.6. The minimum absolute atomic E-state index is 0.283. The maximum Gasteiger partial charge on any atom is 0.262 e. The first kappa shape index (κ1) is 15.5. The highest BCUT2D eigenvalue weighted by Crippen LogP contribution is 2.38. The van der Waals surface area contributed by atoms with Gasteiger partial charge in [0.25, 0.3) is 5.91 Å². The van der Waals surface area contributed by atoms with Gasteiger partial charge in [-0.1, -0.05) is 23.7 Å². The molecule has 1 amide bonds. The standard InChI is InChI=1S/C18H14ClN3O3/c19-13-9-12(10-16-18(13)25-8-7-24-16)5-6-17(23)21-22-11-20-14-3-1-2-4-15(14)22/h1-6,9-11H,7-8H2,(H,21,23)/b6-5+. The Kier molecular flexibility index (Phi) is 4.03. The Morgan fingerprint density at radius 3 is 3.00 bits per heavy atom. The Balaban J connectivity index is 1.52. The monoisotopic (exact) mass is 355 g/mol. The van der Waals surface area contributed by atoms with E-state index in [0.29, 0.717) is 29.7 Å². The van der Waals surface area contributed by atoms with Crippen LogP contribution in [-0.4, -0.2) is 28.8 Å². The number of hydrogen-bond acceptors (Lipinski definition) is 4. The molecule has 1 aromatic heterocycles. The number of nitrogens with zero attached hydrogens (tertiary/aromatic N) is 2. The van der Waals surface area contributed by atoms with Crippen molar-refractivity contribution in [2.75, 3.05) is 18.6 Å². The SMILES string of the molecule is O=C(/C=C/c1cc(Cl)c2c(c1)OCCO2)Nn1cnc2ccccc21. The topological polar surface area (TPSA) is 65.4 Å². The number of para-hydroxylation sites is 2. The predicted molar refractivity (Wildman–Crippen MR) is 95.6 cm³/mol. The van der Waals surface area contributed by atoms with E-state index in [2.05, 4.69) is 10.4 Å². The summed E-state index contributed by atoms with van der Waals surface area (Å²) in [5.41, 5.74) is 5.14. The highest BCUT2D eigenvalue weighted by Gasteiger charge is 2.16. The highest BCUT2D eigenvalue weighted by atomic mass is 35.5. The number of rotatable bonds is 3. The minimum Gasteiger partial charge on any atom is -0.486 e. The molecule has 3 aromatic rings. The summed E-state index contributed by atoms with van der Waals surface area (Å²) in [6.45, 7) is 0.952. The number of fused-ring (bicyclic) bond motifs is 2. The van der Waals surface area contributed by atoms with Crippen LogP contribution in [0, 0.1) is 0 Å². The Labute approximate surface area is 148 Å². The van der Waals surface area contributed by atoms with Crippen LogP contribution in [0.3, 0.4) is 0 Å². The zero-order chi connectivity index (χ0) is 17.2. The molecule has 0 fully saturated rings. The fourth-order valence-corrected chi connectivity index (χ4v) is 2.88. The lowest BCUT2D eigenvalue weighted by Gasteiger charge is -2.19. The maximum atomic E-state index is 12.2. The summed E-state index contributed by atoms with van der Waals surface area (Å²) in [7, 11) is 0. The van der Waals surface area contributed by atoms with Gasteiger partial charge in [-0.15, -0.1) is 0 Å². The Hall–Kier alpha value is -2.99. The fraction of sp³-hybridized carbons (Fsp3) is 0.111. The largest absolute Gasteiger partial charge is 0.486 e. The first-order valence-corrected chi connectivity index (χ1v) is 8.09. The average Bonchev–Trinajstić information content (AvgIpc) is 3.03. The molecule has 0 saturated carbocycles. The van der Waals surface area contributed by atoms with Crippen molar-refractivity contribution in [3.05, 3.63) is 59.4 Å². The van der Waals surface area contributed by atoms with Gasteiger partial charge in [-0.3, -0.25) is 10.2 Å². The van der Waals surface area contributed by atoms with E-state index in [-0.39, 0.29) is 5.91 Å². The number of benzene rings is 2. The zero-order valence-electron chi connectivity index (χ0n) is 13.1. The van der Waals surface area contributed by atoms with Crippen LogP contribution in [0.2, 0.25) is 5.02 Å². The molecule has 7 heteroatoms. The zero-order valence-corrected chi connectivity index (χ0v) is 13.9. The normalized spacial score (nSPS) is 13.3. The van der Waals surface area contributed by atoms with Crippen LogP contribution in [0.1, 0.15) is 5.56 Å². The average molecular weight is 356 g/mol. The van der Waals surface area contributed by atoms with E-state index in [9.17, 15) is 4.79 Å². The summed E-state index contributed by atoms with van der Waals surface area (Å²) in [4.78, 5) is 16.4. The molecule has 0 saturated heterocycles. The molecule has 4 rings (SSSR count). The van der Waals surface area contributed by atoms with Gasteiger partial charge in [0.15, 0.2) is 11.5 Å². The van der Waals surface area contributed by atoms with Crippen LogP contribution in [0.5, 0.6) is 11.5 Å². The molecule has 0 spiro atoms. The summed E-state index contributed by atoms with van der Waals surface area (Å²) >= 11 is 6.19.